The highest BCUT2D eigenvalue weighted by Gasteiger charge is 2.03. The maximum absolute atomic E-state index is 11.6. The zero-order valence-electron chi connectivity index (χ0n) is 13.3. The average molecular weight is 345 g/mol. The molecule has 4 nitrogen and oxygen atoms in total. The van der Waals surface area contributed by atoms with Crippen LogP contribution in [0.5, 0.6) is 0 Å². The van der Waals surface area contributed by atoms with Crippen molar-refractivity contribution in [3.05, 3.63) is 76.6 Å². The van der Waals surface area contributed by atoms with Gasteiger partial charge in [0.2, 0.25) is 0 Å². The number of anilines is 1. The lowest BCUT2D eigenvalue weighted by Gasteiger charge is -2.09. The van der Waals surface area contributed by atoms with Crippen molar-refractivity contribution in [2.45, 2.75) is 13.0 Å². The van der Waals surface area contributed by atoms with E-state index in [4.69, 9.17) is 4.42 Å². The van der Waals surface area contributed by atoms with Gasteiger partial charge in [0.15, 0.2) is 0 Å². The predicted octanol–water partition coefficient (Wildman–Crippen LogP) is 3.81. The van der Waals surface area contributed by atoms with Crippen LogP contribution in [0.2, 0.25) is 0 Å². The molecule has 3 aromatic rings. The Morgan fingerprint density at radius 1 is 0.917 bits per heavy atom. The summed E-state index contributed by atoms with van der Waals surface area (Å²) in [4.78, 5) is 11.6. The van der Waals surface area contributed by atoms with Crippen LogP contribution in [0.3, 0.4) is 0 Å². The van der Waals surface area contributed by atoms with Crippen LogP contribution in [0.4, 0.5) is 5.69 Å². The number of hydrogen-bond donors (Lipinski definition) is 2. The molecule has 0 unspecified atom stereocenters. The number of para-hydroxylation sites is 1. The summed E-state index contributed by atoms with van der Waals surface area (Å²) in [5, 5.41) is 7.68. The molecule has 2 N–H and O–H groups in total. The van der Waals surface area contributed by atoms with Gasteiger partial charge in [0.1, 0.15) is 5.58 Å². The van der Waals surface area contributed by atoms with Crippen LogP contribution in [0, 0.1) is 0 Å². The van der Waals surface area contributed by atoms with E-state index >= 15 is 0 Å². The number of benzene rings is 2. The molecular formula is C19H21ClN2O2. The zero-order chi connectivity index (χ0) is 15.9. The Morgan fingerprint density at radius 3 is 2.50 bits per heavy atom. The molecular weight excluding hydrogens is 324 g/mol. The van der Waals surface area contributed by atoms with Gasteiger partial charge in [-0.05, 0) is 30.7 Å². The Balaban J connectivity index is 0.00000208. The first-order valence-electron chi connectivity index (χ1n) is 7.84. The lowest BCUT2D eigenvalue weighted by Crippen LogP contribution is -2.18. The monoisotopic (exact) mass is 344 g/mol. The van der Waals surface area contributed by atoms with Crippen molar-refractivity contribution >= 4 is 29.1 Å². The second kappa shape index (κ2) is 9.11. The average Bonchev–Trinajstić information content (AvgIpc) is 2.58. The normalized spacial score (nSPS) is 10.3. The maximum atomic E-state index is 11.6. The molecule has 24 heavy (non-hydrogen) atoms. The number of hydrogen-bond acceptors (Lipinski definition) is 4. The van der Waals surface area contributed by atoms with E-state index in [2.05, 4.69) is 22.8 Å². The van der Waals surface area contributed by atoms with Gasteiger partial charge < -0.3 is 15.1 Å². The van der Waals surface area contributed by atoms with E-state index in [0.29, 0.717) is 5.58 Å². The lowest BCUT2D eigenvalue weighted by molar-refractivity contribution is 0.561. The standard InChI is InChI=1S/C19H20N2O2.ClH/c22-19-13-17(16-9-4-5-10-18(16)23-19)21-12-6-11-20-14-15-7-2-1-3-8-15;/h1-5,7-10,13,20-21H,6,11-12,14H2;1H. The van der Waals surface area contributed by atoms with Gasteiger partial charge in [0, 0.05) is 24.5 Å². The van der Waals surface area contributed by atoms with Crippen molar-refractivity contribution in [2.75, 3.05) is 18.4 Å². The number of halogens is 1. The smallest absolute Gasteiger partial charge is 0.338 e. The molecule has 0 spiro atoms. The first kappa shape index (κ1) is 18.0. The molecule has 0 aliphatic carbocycles. The summed E-state index contributed by atoms with van der Waals surface area (Å²) in [6.07, 6.45) is 0.974. The third-order valence-electron chi connectivity index (χ3n) is 3.67. The van der Waals surface area contributed by atoms with Crippen LogP contribution in [-0.2, 0) is 6.54 Å². The molecule has 0 aliphatic rings. The summed E-state index contributed by atoms with van der Waals surface area (Å²) < 4.78 is 5.19. The fraction of sp³-hybridized carbons (Fsp3) is 0.211. The minimum absolute atomic E-state index is 0. The van der Waals surface area contributed by atoms with E-state index in [1.54, 1.807) is 0 Å². The van der Waals surface area contributed by atoms with Gasteiger partial charge in [0.05, 0.1) is 5.69 Å². The molecule has 0 aliphatic heterocycles. The Bertz CT molecular complexity index is 818. The van der Waals surface area contributed by atoms with Crippen molar-refractivity contribution in [3.63, 3.8) is 0 Å². The lowest BCUT2D eigenvalue weighted by atomic mass is 10.2. The minimum Gasteiger partial charge on any atom is -0.423 e. The Labute approximate surface area is 147 Å². The highest BCUT2D eigenvalue weighted by Crippen LogP contribution is 2.20. The van der Waals surface area contributed by atoms with Crippen LogP contribution in [0.25, 0.3) is 11.0 Å². The van der Waals surface area contributed by atoms with E-state index in [-0.39, 0.29) is 18.0 Å². The highest BCUT2D eigenvalue weighted by molar-refractivity contribution is 5.89. The molecule has 0 fully saturated rings. The maximum Gasteiger partial charge on any atom is 0.338 e. The van der Waals surface area contributed by atoms with Gasteiger partial charge in [-0.25, -0.2) is 4.79 Å². The molecule has 0 saturated carbocycles. The van der Waals surface area contributed by atoms with Crippen molar-refractivity contribution in [1.82, 2.24) is 5.32 Å². The van der Waals surface area contributed by atoms with E-state index < -0.39 is 0 Å². The molecule has 2 aromatic carbocycles. The summed E-state index contributed by atoms with van der Waals surface area (Å²) in [5.41, 5.74) is 2.41. The summed E-state index contributed by atoms with van der Waals surface area (Å²) in [6, 6.07) is 19.4. The van der Waals surface area contributed by atoms with Crippen molar-refractivity contribution in [2.24, 2.45) is 0 Å². The van der Waals surface area contributed by atoms with E-state index in [1.807, 2.05) is 42.5 Å². The van der Waals surface area contributed by atoms with E-state index in [1.165, 1.54) is 11.6 Å². The van der Waals surface area contributed by atoms with Crippen LogP contribution < -0.4 is 16.3 Å². The molecule has 0 amide bonds. The molecule has 1 aromatic heterocycles. The Morgan fingerprint density at radius 2 is 1.67 bits per heavy atom. The zero-order valence-corrected chi connectivity index (χ0v) is 14.1. The van der Waals surface area contributed by atoms with Gasteiger partial charge in [-0.2, -0.15) is 0 Å². The van der Waals surface area contributed by atoms with Gasteiger partial charge >= 0.3 is 5.63 Å². The van der Waals surface area contributed by atoms with E-state index in [0.717, 1.165) is 37.1 Å². The molecule has 3 rings (SSSR count). The summed E-state index contributed by atoms with van der Waals surface area (Å²) >= 11 is 0. The first-order valence-corrected chi connectivity index (χ1v) is 7.84. The molecule has 0 atom stereocenters. The summed E-state index contributed by atoms with van der Waals surface area (Å²) in [6.45, 7) is 2.59. The molecule has 0 radical (unpaired) electrons. The molecule has 0 saturated heterocycles. The quantitative estimate of drug-likeness (QED) is 0.505. The first-order chi connectivity index (χ1) is 11.3. The highest BCUT2D eigenvalue weighted by atomic mass is 35.5. The van der Waals surface area contributed by atoms with Crippen LogP contribution in [0.15, 0.2) is 69.9 Å². The predicted molar refractivity (Wildman–Crippen MR) is 101 cm³/mol. The fourth-order valence-corrected chi connectivity index (χ4v) is 2.52. The summed E-state index contributed by atoms with van der Waals surface area (Å²) in [7, 11) is 0. The fourth-order valence-electron chi connectivity index (χ4n) is 2.52. The van der Waals surface area contributed by atoms with Gasteiger partial charge in [-0.15, -0.1) is 12.4 Å². The number of fused-ring (bicyclic) bond motifs is 1. The molecule has 5 heteroatoms. The third kappa shape index (κ3) is 4.85. The number of nitrogens with one attached hydrogen (secondary N) is 2. The minimum atomic E-state index is -0.326. The second-order valence-corrected chi connectivity index (χ2v) is 5.42. The Kier molecular flexibility index (Phi) is 6.85. The molecule has 1 heterocycles. The van der Waals surface area contributed by atoms with E-state index in [9.17, 15) is 4.79 Å². The van der Waals surface area contributed by atoms with Gasteiger partial charge in [0.25, 0.3) is 0 Å². The van der Waals surface area contributed by atoms with Crippen molar-refractivity contribution in [3.8, 4) is 0 Å². The topological polar surface area (TPSA) is 54.3 Å². The summed E-state index contributed by atoms with van der Waals surface area (Å²) in [5.74, 6) is 0. The molecule has 0 bridgehead atoms. The van der Waals surface area contributed by atoms with Gasteiger partial charge in [-0.1, -0.05) is 42.5 Å². The van der Waals surface area contributed by atoms with Crippen LogP contribution in [-0.4, -0.2) is 13.1 Å². The van der Waals surface area contributed by atoms with Crippen LogP contribution >= 0.6 is 12.4 Å². The van der Waals surface area contributed by atoms with Gasteiger partial charge in [-0.3, -0.25) is 0 Å². The second-order valence-electron chi connectivity index (χ2n) is 5.42. The van der Waals surface area contributed by atoms with Crippen molar-refractivity contribution < 1.29 is 4.42 Å². The van der Waals surface area contributed by atoms with Crippen LogP contribution in [0.1, 0.15) is 12.0 Å². The number of rotatable bonds is 7. The Hall–Kier alpha value is -2.30. The molecule has 126 valence electrons. The third-order valence-corrected chi connectivity index (χ3v) is 3.67. The van der Waals surface area contributed by atoms with Crippen molar-refractivity contribution in [1.29, 1.82) is 0 Å². The largest absolute Gasteiger partial charge is 0.423 e. The SMILES string of the molecule is Cl.O=c1cc(NCCCNCc2ccccc2)c2ccccc2o1.